The summed E-state index contributed by atoms with van der Waals surface area (Å²) in [7, 11) is 0. The summed E-state index contributed by atoms with van der Waals surface area (Å²) in [6.45, 7) is -0.148. The highest BCUT2D eigenvalue weighted by Crippen LogP contribution is 2.26. The lowest BCUT2D eigenvalue weighted by molar-refractivity contribution is -0.123. The van der Waals surface area contributed by atoms with Crippen LogP contribution in [0.15, 0.2) is 18.2 Å². The van der Waals surface area contributed by atoms with Crippen LogP contribution in [0.3, 0.4) is 0 Å². The smallest absolute Gasteiger partial charge is 0.257 e. The summed E-state index contributed by atoms with van der Waals surface area (Å²) in [6.07, 6.45) is 0.255. The second-order valence-corrected chi connectivity index (χ2v) is 3.83. The molecule has 0 spiro atoms. The number of carbonyl (C=O) groups excluding carboxylic acids is 1. The summed E-state index contributed by atoms with van der Waals surface area (Å²) in [5.74, 6) is 0.0505. The first-order valence-corrected chi connectivity index (χ1v) is 5.71. The number of nitrogens with zero attached hydrogens (tertiary/aromatic N) is 1. The molecule has 0 bridgehead atoms. The van der Waals surface area contributed by atoms with E-state index in [1.165, 1.54) is 0 Å². The molecular formula is C12H13ClN2O3. The summed E-state index contributed by atoms with van der Waals surface area (Å²) >= 11 is 5.87. The van der Waals surface area contributed by atoms with E-state index in [9.17, 15) is 4.79 Å². The lowest BCUT2D eigenvalue weighted by Crippen LogP contribution is -2.29. The molecule has 0 aliphatic carbocycles. The van der Waals surface area contributed by atoms with Crippen LogP contribution in [0.25, 0.3) is 0 Å². The SMILES string of the molecule is N#CCCNC(=O)COc1cccc(Cl)c1CO. The third-order valence-electron chi connectivity index (χ3n) is 2.15. The van der Waals surface area contributed by atoms with Gasteiger partial charge in [-0.05, 0) is 12.1 Å². The number of carbonyl (C=O) groups is 1. The van der Waals surface area contributed by atoms with Gasteiger partial charge < -0.3 is 15.2 Å². The van der Waals surface area contributed by atoms with Crippen LogP contribution in [0.1, 0.15) is 12.0 Å². The molecule has 0 fully saturated rings. The number of aliphatic hydroxyl groups excluding tert-OH is 1. The molecule has 1 amide bonds. The molecule has 0 atom stereocenters. The maximum Gasteiger partial charge on any atom is 0.257 e. The number of hydrogen-bond donors (Lipinski definition) is 2. The summed E-state index contributed by atoms with van der Waals surface area (Å²) in [5.41, 5.74) is 0.448. The molecule has 0 radical (unpaired) electrons. The maximum absolute atomic E-state index is 11.3. The van der Waals surface area contributed by atoms with Crippen molar-refractivity contribution < 1.29 is 14.6 Å². The lowest BCUT2D eigenvalue weighted by atomic mass is 10.2. The Hall–Kier alpha value is -1.77. The highest BCUT2D eigenvalue weighted by molar-refractivity contribution is 6.31. The van der Waals surface area contributed by atoms with Gasteiger partial charge in [-0.15, -0.1) is 0 Å². The van der Waals surface area contributed by atoms with Crippen molar-refractivity contribution in [1.29, 1.82) is 5.26 Å². The minimum atomic E-state index is -0.325. The molecule has 18 heavy (non-hydrogen) atoms. The van der Waals surface area contributed by atoms with Crippen LogP contribution in [0.4, 0.5) is 0 Å². The first-order valence-electron chi connectivity index (χ1n) is 5.33. The van der Waals surface area contributed by atoms with Crippen molar-refractivity contribution in [2.45, 2.75) is 13.0 Å². The zero-order chi connectivity index (χ0) is 13.4. The summed E-state index contributed by atoms with van der Waals surface area (Å²) < 4.78 is 5.26. The Morgan fingerprint density at radius 3 is 3.00 bits per heavy atom. The number of amides is 1. The molecule has 1 aromatic carbocycles. The van der Waals surface area contributed by atoms with Gasteiger partial charge in [0.1, 0.15) is 5.75 Å². The van der Waals surface area contributed by atoms with E-state index < -0.39 is 0 Å². The topological polar surface area (TPSA) is 82.4 Å². The molecule has 2 N–H and O–H groups in total. The van der Waals surface area contributed by atoms with Gasteiger partial charge in [-0.25, -0.2) is 0 Å². The molecule has 6 heteroatoms. The molecule has 0 heterocycles. The zero-order valence-corrected chi connectivity index (χ0v) is 10.4. The van der Waals surface area contributed by atoms with Crippen LogP contribution in [0, 0.1) is 11.3 Å². The predicted molar refractivity (Wildman–Crippen MR) is 66.1 cm³/mol. The number of ether oxygens (including phenoxy) is 1. The van der Waals surface area contributed by atoms with Gasteiger partial charge in [0, 0.05) is 17.1 Å². The van der Waals surface area contributed by atoms with E-state index >= 15 is 0 Å². The van der Waals surface area contributed by atoms with E-state index in [4.69, 9.17) is 26.7 Å². The van der Waals surface area contributed by atoms with Gasteiger partial charge in [0.25, 0.3) is 5.91 Å². The fourth-order valence-electron chi connectivity index (χ4n) is 1.28. The summed E-state index contributed by atoms with van der Waals surface area (Å²) in [6, 6.07) is 6.84. The van der Waals surface area contributed by atoms with Gasteiger partial charge in [0.2, 0.25) is 0 Å². The number of aliphatic hydroxyl groups is 1. The van der Waals surface area contributed by atoms with Gasteiger partial charge in [0.15, 0.2) is 6.61 Å². The second-order valence-electron chi connectivity index (χ2n) is 3.42. The van der Waals surface area contributed by atoms with Crippen molar-refractivity contribution in [3.8, 4) is 11.8 Å². The minimum absolute atomic E-state index is 0.182. The maximum atomic E-state index is 11.3. The molecular weight excluding hydrogens is 256 g/mol. The Labute approximate surface area is 110 Å². The zero-order valence-electron chi connectivity index (χ0n) is 9.65. The van der Waals surface area contributed by atoms with Crippen molar-refractivity contribution in [2.75, 3.05) is 13.2 Å². The number of nitrogens with one attached hydrogen (secondary N) is 1. The number of rotatable bonds is 6. The number of halogens is 1. The molecule has 0 saturated carbocycles. The molecule has 1 aromatic rings. The fourth-order valence-corrected chi connectivity index (χ4v) is 1.51. The van der Waals surface area contributed by atoms with Gasteiger partial charge >= 0.3 is 0 Å². The molecule has 0 aliphatic rings. The van der Waals surface area contributed by atoms with Crippen LogP contribution in [-0.4, -0.2) is 24.2 Å². The van der Waals surface area contributed by atoms with Crippen LogP contribution in [0.2, 0.25) is 5.02 Å². The largest absolute Gasteiger partial charge is 0.483 e. The molecule has 96 valence electrons. The monoisotopic (exact) mass is 268 g/mol. The van der Waals surface area contributed by atoms with Gasteiger partial charge in [-0.2, -0.15) is 5.26 Å². The third kappa shape index (κ3) is 4.24. The normalized spacial score (nSPS) is 9.61. The molecule has 5 nitrogen and oxygen atoms in total. The molecule has 0 aromatic heterocycles. The quantitative estimate of drug-likeness (QED) is 0.761. The van der Waals surface area contributed by atoms with Crippen molar-refractivity contribution in [3.05, 3.63) is 28.8 Å². The predicted octanol–water partition coefficient (Wildman–Crippen LogP) is 1.24. The average molecular weight is 269 g/mol. The third-order valence-corrected chi connectivity index (χ3v) is 2.51. The van der Waals surface area contributed by atoms with Crippen LogP contribution in [-0.2, 0) is 11.4 Å². The Bertz CT molecular complexity index is 457. The van der Waals surface area contributed by atoms with Gasteiger partial charge in [-0.1, -0.05) is 17.7 Å². The second kappa shape index (κ2) is 7.54. The van der Waals surface area contributed by atoms with Crippen molar-refractivity contribution in [1.82, 2.24) is 5.32 Å². The summed E-state index contributed by atoms with van der Waals surface area (Å²) in [4.78, 5) is 11.3. The van der Waals surface area contributed by atoms with Gasteiger partial charge in [0.05, 0.1) is 19.1 Å². The van der Waals surface area contributed by atoms with Gasteiger partial charge in [-0.3, -0.25) is 4.79 Å². The van der Waals surface area contributed by atoms with Crippen molar-refractivity contribution >= 4 is 17.5 Å². The fraction of sp³-hybridized carbons (Fsp3) is 0.333. The van der Waals surface area contributed by atoms with E-state index in [1.807, 2.05) is 6.07 Å². The minimum Gasteiger partial charge on any atom is -0.483 e. The van der Waals surface area contributed by atoms with E-state index in [2.05, 4.69) is 5.32 Å². The number of hydrogen-bond acceptors (Lipinski definition) is 4. The standard InChI is InChI=1S/C12H13ClN2O3/c13-10-3-1-4-11(9(10)7-16)18-8-12(17)15-6-2-5-14/h1,3-4,16H,2,6-8H2,(H,15,17). The molecule has 1 rings (SSSR count). The van der Waals surface area contributed by atoms with E-state index in [0.717, 1.165) is 0 Å². The van der Waals surface area contributed by atoms with E-state index in [-0.39, 0.29) is 25.5 Å². The first-order chi connectivity index (χ1) is 8.69. The Balaban J connectivity index is 2.51. The van der Waals surface area contributed by atoms with Crippen LogP contribution < -0.4 is 10.1 Å². The van der Waals surface area contributed by atoms with Crippen LogP contribution >= 0.6 is 11.6 Å². The Morgan fingerprint density at radius 2 is 2.33 bits per heavy atom. The van der Waals surface area contributed by atoms with E-state index in [1.54, 1.807) is 18.2 Å². The number of benzene rings is 1. The molecule has 0 aliphatic heterocycles. The average Bonchev–Trinajstić information content (AvgIpc) is 2.36. The van der Waals surface area contributed by atoms with E-state index in [0.29, 0.717) is 22.9 Å². The van der Waals surface area contributed by atoms with Crippen molar-refractivity contribution in [2.24, 2.45) is 0 Å². The van der Waals surface area contributed by atoms with Crippen molar-refractivity contribution in [3.63, 3.8) is 0 Å². The highest BCUT2D eigenvalue weighted by Gasteiger charge is 2.09. The first kappa shape index (κ1) is 14.3. The molecule has 0 unspecified atom stereocenters. The highest BCUT2D eigenvalue weighted by atomic mass is 35.5. The number of nitriles is 1. The Kier molecular flexibility index (Phi) is 5.98. The molecule has 0 saturated heterocycles. The lowest BCUT2D eigenvalue weighted by Gasteiger charge is -2.11. The van der Waals surface area contributed by atoms with Crippen LogP contribution in [0.5, 0.6) is 5.75 Å². The Morgan fingerprint density at radius 1 is 1.56 bits per heavy atom. The summed E-state index contributed by atoms with van der Waals surface area (Å²) in [5, 5.41) is 20.4.